The quantitative estimate of drug-likeness (QED) is 0.484. The molecule has 1 aliphatic rings. The molecule has 1 amide bonds. The van der Waals surface area contributed by atoms with Crippen LogP contribution in [-0.2, 0) is 4.79 Å². The number of anilines is 2. The van der Waals surface area contributed by atoms with Crippen molar-refractivity contribution in [3.8, 4) is 5.75 Å². The van der Waals surface area contributed by atoms with Crippen LogP contribution in [-0.4, -0.2) is 33.5 Å². The van der Waals surface area contributed by atoms with Gasteiger partial charge in [0, 0.05) is 16.9 Å². The van der Waals surface area contributed by atoms with Gasteiger partial charge in [0.25, 0.3) is 5.91 Å². The van der Waals surface area contributed by atoms with Crippen LogP contribution in [0.1, 0.15) is 29.7 Å². The van der Waals surface area contributed by atoms with E-state index in [0.717, 1.165) is 11.1 Å². The zero-order valence-corrected chi connectivity index (χ0v) is 19.3. The Hall–Kier alpha value is -3.40. The molecule has 4 rings (SSSR count). The van der Waals surface area contributed by atoms with Gasteiger partial charge in [0.1, 0.15) is 11.8 Å². The first kappa shape index (κ1) is 22.8. The summed E-state index contributed by atoms with van der Waals surface area (Å²) in [7, 11) is 0. The van der Waals surface area contributed by atoms with E-state index in [1.54, 1.807) is 25.1 Å². The lowest BCUT2D eigenvalue weighted by molar-refractivity contribution is -0.113. The highest BCUT2D eigenvalue weighted by Gasteiger charge is 2.36. The molecule has 2 N–H and O–H groups in total. The molecule has 7 nitrogen and oxygen atoms in total. The van der Waals surface area contributed by atoms with E-state index in [9.17, 15) is 13.6 Å². The molecule has 1 aliphatic heterocycles. The molecule has 3 aromatic rings. The SMILES string of the molecule is CSc1nc2n(n1)[C@@H](c1ccccc1OC(F)F)C(C(=O)Nc1ccc(C)cc1C)=C(C)N2. The van der Waals surface area contributed by atoms with Crippen LogP contribution in [0, 0.1) is 13.8 Å². The molecule has 0 unspecified atom stereocenters. The third-order valence-electron chi connectivity index (χ3n) is 5.32. The van der Waals surface area contributed by atoms with Gasteiger partial charge in [-0.2, -0.15) is 13.8 Å². The number of carbonyl (C=O) groups is 1. The van der Waals surface area contributed by atoms with Crippen LogP contribution in [0.15, 0.2) is 58.9 Å². The Labute approximate surface area is 194 Å². The van der Waals surface area contributed by atoms with Gasteiger partial charge in [0.2, 0.25) is 11.1 Å². The Kier molecular flexibility index (Phi) is 6.37. The van der Waals surface area contributed by atoms with Crippen molar-refractivity contribution in [2.75, 3.05) is 16.9 Å². The van der Waals surface area contributed by atoms with Gasteiger partial charge in [0.05, 0.1) is 5.57 Å². The standard InChI is InChI=1S/C23H23F2N5O2S/c1-12-9-10-16(13(2)11-12)27-20(31)18-14(3)26-22-28-23(33-4)29-30(22)19(18)15-7-5-6-8-17(15)32-21(24)25/h5-11,19,21H,1-4H3,(H,27,31)(H,26,28,29)/t19-/m0/s1. The van der Waals surface area contributed by atoms with E-state index in [1.165, 1.54) is 22.5 Å². The van der Waals surface area contributed by atoms with Crippen LogP contribution in [0.3, 0.4) is 0 Å². The molecule has 2 heterocycles. The zero-order valence-electron chi connectivity index (χ0n) is 18.5. The first-order chi connectivity index (χ1) is 15.8. The Morgan fingerprint density at radius 2 is 1.97 bits per heavy atom. The van der Waals surface area contributed by atoms with Crippen LogP contribution >= 0.6 is 11.8 Å². The van der Waals surface area contributed by atoms with Gasteiger partial charge in [0.15, 0.2) is 0 Å². The average Bonchev–Trinajstić information content (AvgIpc) is 3.17. The number of nitrogens with one attached hydrogen (secondary N) is 2. The summed E-state index contributed by atoms with van der Waals surface area (Å²) in [6, 6.07) is 11.3. The summed E-state index contributed by atoms with van der Waals surface area (Å²) in [6.45, 7) is 2.62. The number of hydrogen-bond acceptors (Lipinski definition) is 6. The average molecular weight is 472 g/mol. The minimum Gasteiger partial charge on any atom is -0.434 e. The van der Waals surface area contributed by atoms with E-state index in [-0.39, 0.29) is 11.7 Å². The summed E-state index contributed by atoms with van der Waals surface area (Å²) in [5.74, 6) is 0.00332. The van der Waals surface area contributed by atoms with Gasteiger partial charge in [-0.25, -0.2) is 4.68 Å². The maximum Gasteiger partial charge on any atom is 0.387 e. The van der Waals surface area contributed by atoms with E-state index < -0.39 is 12.7 Å². The van der Waals surface area contributed by atoms with E-state index in [1.807, 2.05) is 38.3 Å². The number of rotatable bonds is 6. The number of para-hydroxylation sites is 1. The van der Waals surface area contributed by atoms with Gasteiger partial charge >= 0.3 is 6.61 Å². The molecule has 0 spiro atoms. The van der Waals surface area contributed by atoms with E-state index >= 15 is 0 Å². The fourth-order valence-corrected chi connectivity index (χ4v) is 4.20. The highest BCUT2D eigenvalue weighted by molar-refractivity contribution is 7.98. The molecule has 1 atom stereocenters. The van der Waals surface area contributed by atoms with Crippen molar-refractivity contribution < 1.29 is 18.3 Å². The van der Waals surface area contributed by atoms with Crippen molar-refractivity contribution in [1.29, 1.82) is 0 Å². The van der Waals surface area contributed by atoms with Crippen LogP contribution in [0.4, 0.5) is 20.4 Å². The number of carbonyl (C=O) groups excluding carboxylic acids is 1. The molecule has 10 heteroatoms. The van der Waals surface area contributed by atoms with Crippen molar-refractivity contribution in [2.24, 2.45) is 0 Å². The fourth-order valence-electron chi connectivity index (χ4n) is 3.85. The summed E-state index contributed by atoms with van der Waals surface area (Å²) in [6.07, 6.45) is 1.83. The number of benzene rings is 2. The second-order valence-electron chi connectivity index (χ2n) is 7.62. The van der Waals surface area contributed by atoms with Gasteiger partial charge in [-0.1, -0.05) is 47.7 Å². The van der Waals surface area contributed by atoms with Gasteiger partial charge in [-0.15, -0.1) is 5.10 Å². The summed E-state index contributed by atoms with van der Waals surface area (Å²) in [5, 5.41) is 11.1. The second-order valence-corrected chi connectivity index (χ2v) is 8.40. The molecule has 1 aromatic heterocycles. The predicted molar refractivity (Wildman–Crippen MR) is 124 cm³/mol. The maximum atomic E-state index is 13.6. The molecule has 33 heavy (non-hydrogen) atoms. The largest absolute Gasteiger partial charge is 0.434 e. The molecule has 172 valence electrons. The smallest absolute Gasteiger partial charge is 0.387 e. The van der Waals surface area contributed by atoms with E-state index in [2.05, 4.69) is 20.7 Å². The summed E-state index contributed by atoms with van der Waals surface area (Å²) in [5.41, 5.74) is 3.90. The Morgan fingerprint density at radius 1 is 1.21 bits per heavy atom. The van der Waals surface area contributed by atoms with Crippen molar-refractivity contribution in [3.05, 3.63) is 70.4 Å². The number of aromatic nitrogens is 3. The number of ether oxygens (including phenoxy) is 1. The third-order valence-corrected chi connectivity index (χ3v) is 5.86. The summed E-state index contributed by atoms with van der Waals surface area (Å²) in [4.78, 5) is 18.0. The third kappa shape index (κ3) is 4.56. The van der Waals surface area contributed by atoms with Crippen molar-refractivity contribution >= 4 is 29.3 Å². The Bertz CT molecular complexity index is 1240. The number of alkyl halides is 2. The Morgan fingerprint density at radius 3 is 2.67 bits per heavy atom. The number of thioether (sulfide) groups is 1. The van der Waals surface area contributed by atoms with E-state index in [0.29, 0.717) is 33.6 Å². The first-order valence-corrected chi connectivity index (χ1v) is 11.4. The lowest BCUT2D eigenvalue weighted by Gasteiger charge is -2.29. The molecular weight excluding hydrogens is 448 g/mol. The normalized spacial score (nSPS) is 15.3. The second kappa shape index (κ2) is 9.22. The number of nitrogens with zero attached hydrogens (tertiary/aromatic N) is 3. The van der Waals surface area contributed by atoms with E-state index in [4.69, 9.17) is 4.74 Å². The molecule has 0 fully saturated rings. The lowest BCUT2D eigenvalue weighted by Crippen LogP contribution is -2.32. The molecule has 0 saturated carbocycles. The van der Waals surface area contributed by atoms with Crippen LogP contribution < -0.4 is 15.4 Å². The number of aryl methyl sites for hydroxylation is 2. The van der Waals surface area contributed by atoms with Crippen LogP contribution in [0.2, 0.25) is 0 Å². The molecule has 0 bridgehead atoms. The number of hydrogen-bond donors (Lipinski definition) is 2. The Balaban J connectivity index is 1.83. The number of amides is 1. The number of halogens is 2. The topological polar surface area (TPSA) is 81.1 Å². The molecular formula is C23H23F2N5O2S. The van der Waals surface area contributed by atoms with Gasteiger partial charge in [-0.05, 0) is 44.7 Å². The highest BCUT2D eigenvalue weighted by atomic mass is 32.2. The summed E-state index contributed by atoms with van der Waals surface area (Å²) >= 11 is 1.34. The van der Waals surface area contributed by atoms with Gasteiger partial charge in [-0.3, -0.25) is 4.79 Å². The molecule has 2 aromatic carbocycles. The van der Waals surface area contributed by atoms with Crippen molar-refractivity contribution in [3.63, 3.8) is 0 Å². The lowest BCUT2D eigenvalue weighted by atomic mass is 9.94. The fraction of sp³-hybridized carbons (Fsp3) is 0.261. The van der Waals surface area contributed by atoms with Crippen LogP contribution in [0.25, 0.3) is 0 Å². The number of allylic oxidation sites excluding steroid dienone is 1. The zero-order chi connectivity index (χ0) is 23.7. The minimum absolute atomic E-state index is 0.0313. The minimum atomic E-state index is -3.01. The van der Waals surface area contributed by atoms with Gasteiger partial charge < -0.3 is 15.4 Å². The van der Waals surface area contributed by atoms with Crippen molar-refractivity contribution in [1.82, 2.24) is 14.8 Å². The number of fused-ring (bicyclic) bond motifs is 1. The molecule has 0 aliphatic carbocycles. The monoisotopic (exact) mass is 471 g/mol. The van der Waals surface area contributed by atoms with Crippen molar-refractivity contribution in [2.45, 2.75) is 38.6 Å². The first-order valence-electron chi connectivity index (χ1n) is 10.2. The highest BCUT2D eigenvalue weighted by Crippen LogP contribution is 2.40. The summed E-state index contributed by atoms with van der Waals surface area (Å²) < 4.78 is 32.6. The molecule has 0 radical (unpaired) electrons. The molecule has 0 saturated heterocycles. The predicted octanol–water partition coefficient (Wildman–Crippen LogP) is 5.15. The maximum absolute atomic E-state index is 13.6. The van der Waals surface area contributed by atoms with Crippen LogP contribution in [0.5, 0.6) is 5.75 Å².